The molecule has 1 saturated heterocycles. The molecule has 0 bridgehead atoms. The topological polar surface area (TPSA) is 16.1 Å². The van der Waals surface area contributed by atoms with E-state index in [0.29, 0.717) is 19.0 Å². The van der Waals surface area contributed by atoms with Crippen LogP contribution in [0.3, 0.4) is 0 Å². The minimum absolute atomic E-state index is 0.205. The van der Waals surface area contributed by atoms with Gasteiger partial charge in [-0.05, 0) is 18.3 Å². The van der Waals surface area contributed by atoms with Crippen LogP contribution in [0.5, 0.6) is 0 Å². The normalized spacial score (nSPS) is 24.4. The molecular weight excluding hydrogens is 248 g/mol. The molecule has 0 aromatic carbocycles. The van der Waals surface area contributed by atoms with E-state index in [0.717, 1.165) is 6.42 Å². The molecule has 2 atom stereocenters. The molecule has 2 unspecified atom stereocenters. The molecule has 1 fully saturated rings. The van der Waals surface area contributed by atoms with E-state index in [4.69, 9.17) is 0 Å². The Hall–Kier alpha value is -1.33. The number of hydrogen-bond acceptors (Lipinski definition) is 2. The Labute approximate surface area is 103 Å². The lowest BCUT2D eigenvalue weighted by Gasteiger charge is -2.36. The third kappa shape index (κ3) is 2.15. The average Bonchev–Trinajstić information content (AvgIpc) is 2.31. The van der Waals surface area contributed by atoms with Gasteiger partial charge >= 0.3 is 0 Å². The maximum atomic E-state index is 13.6. The van der Waals surface area contributed by atoms with E-state index in [1.54, 1.807) is 0 Å². The van der Waals surface area contributed by atoms with Crippen LogP contribution in [0.4, 0.5) is 23.2 Å². The Kier molecular flexibility index (Phi) is 3.45. The van der Waals surface area contributed by atoms with Gasteiger partial charge in [0.05, 0.1) is 0 Å². The quantitative estimate of drug-likeness (QED) is 0.571. The van der Waals surface area contributed by atoms with Crippen LogP contribution in [0, 0.1) is 35.4 Å². The van der Waals surface area contributed by atoms with Crippen LogP contribution in [0.2, 0.25) is 0 Å². The van der Waals surface area contributed by atoms with E-state index in [1.165, 1.54) is 4.90 Å². The van der Waals surface area contributed by atoms with Crippen molar-refractivity contribution in [2.24, 2.45) is 11.8 Å². The van der Waals surface area contributed by atoms with E-state index in [1.807, 2.05) is 13.8 Å². The summed E-state index contributed by atoms with van der Waals surface area (Å²) in [6.45, 7) is 4.74. The van der Waals surface area contributed by atoms with E-state index in [-0.39, 0.29) is 5.92 Å². The summed E-state index contributed by atoms with van der Waals surface area (Å²) in [7, 11) is 0. The molecule has 0 saturated carbocycles. The van der Waals surface area contributed by atoms with E-state index < -0.39 is 29.2 Å². The summed E-state index contributed by atoms with van der Waals surface area (Å²) in [6, 6.07) is 0. The molecule has 1 aliphatic rings. The first-order chi connectivity index (χ1) is 8.41. The minimum atomic E-state index is -1.60. The molecule has 0 N–H and O–H groups in total. The van der Waals surface area contributed by atoms with Gasteiger partial charge in [0.1, 0.15) is 5.69 Å². The summed E-state index contributed by atoms with van der Waals surface area (Å²) < 4.78 is 53.2. The fourth-order valence-electron chi connectivity index (χ4n) is 2.22. The lowest BCUT2D eigenvalue weighted by molar-refractivity contribution is 0.316. The van der Waals surface area contributed by atoms with Crippen LogP contribution in [0.25, 0.3) is 0 Å². The van der Waals surface area contributed by atoms with Crippen molar-refractivity contribution < 1.29 is 17.6 Å². The first-order valence-electron chi connectivity index (χ1n) is 5.86. The van der Waals surface area contributed by atoms with E-state index >= 15 is 0 Å². The number of piperidine rings is 1. The summed E-state index contributed by atoms with van der Waals surface area (Å²) in [5, 5.41) is 0. The van der Waals surface area contributed by atoms with Crippen LogP contribution in [-0.4, -0.2) is 18.1 Å². The molecular formula is C12H14F4N2. The highest BCUT2D eigenvalue weighted by Gasteiger charge is 2.30. The van der Waals surface area contributed by atoms with Crippen molar-refractivity contribution in [2.45, 2.75) is 20.3 Å². The molecule has 2 heterocycles. The molecule has 18 heavy (non-hydrogen) atoms. The van der Waals surface area contributed by atoms with Crippen LogP contribution < -0.4 is 4.90 Å². The fraction of sp³-hybridized carbons (Fsp3) is 0.583. The zero-order valence-corrected chi connectivity index (χ0v) is 10.2. The summed E-state index contributed by atoms with van der Waals surface area (Å²) >= 11 is 0. The van der Waals surface area contributed by atoms with Crippen molar-refractivity contribution in [3.8, 4) is 0 Å². The largest absolute Gasteiger partial charge is 0.366 e. The Morgan fingerprint density at radius 2 is 1.56 bits per heavy atom. The van der Waals surface area contributed by atoms with E-state index in [2.05, 4.69) is 4.98 Å². The van der Waals surface area contributed by atoms with Gasteiger partial charge in [-0.3, -0.25) is 0 Å². The van der Waals surface area contributed by atoms with Crippen molar-refractivity contribution in [3.05, 3.63) is 23.5 Å². The highest BCUT2D eigenvalue weighted by molar-refractivity contribution is 5.49. The van der Waals surface area contributed by atoms with Gasteiger partial charge in [-0.2, -0.15) is 22.5 Å². The average molecular weight is 262 g/mol. The molecule has 2 nitrogen and oxygen atoms in total. The van der Waals surface area contributed by atoms with E-state index in [9.17, 15) is 17.6 Å². The highest BCUT2D eigenvalue weighted by Crippen LogP contribution is 2.31. The predicted molar refractivity (Wildman–Crippen MR) is 59.2 cm³/mol. The molecule has 1 aromatic rings. The number of anilines is 1. The monoisotopic (exact) mass is 262 g/mol. The van der Waals surface area contributed by atoms with Crippen LogP contribution in [-0.2, 0) is 0 Å². The fourth-order valence-corrected chi connectivity index (χ4v) is 2.22. The van der Waals surface area contributed by atoms with Gasteiger partial charge in [-0.25, -0.2) is 0 Å². The molecule has 0 radical (unpaired) electrons. The Bertz CT molecular complexity index is 438. The van der Waals surface area contributed by atoms with Gasteiger partial charge in [-0.1, -0.05) is 13.8 Å². The van der Waals surface area contributed by atoms with Gasteiger partial charge < -0.3 is 4.90 Å². The zero-order chi connectivity index (χ0) is 13.4. The first kappa shape index (κ1) is 13.1. The van der Waals surface area contributed by atoms with Crippen LogP contribution in [0.1, 0.15) is 20.3 Å². The van der Waals surface area contributed by atoms with Gasteiger partial charge in [0.15, 0.2) is 0 Å². The van der Waals surface area contributed by atoms with Crippen molar-refractivity contribution in [1.29, 1.82) is 0 Å². The first-order valence-corrected chi connectivity index (χ1v) is 5.86. The molecule has 0 amide bonds. The van der Waals surface area contributed by atoms with Crippen molar-refractivity contribution in [3.63, 3.8) is 0 Å². The van der Waals surface area contributed by atoms with Crippen LogP contribution >= 0.6 is 0 Å². The molecule has 1 aromatic heterocycles. The SMILES string of the molecule is CC1CCN(c2c(F)c(F)nc(F)c2F)CC1C. The molecule has 6 heteroatoms. The standard InChI is InChI=1S/C12H14F4N2/c1-6-3-4-18(5-7(6)2)10-8(13)11(15)17-12(16)9(10)14/h6-7H,3-5H2,1-2H3. The Balaban J connectivity index is 2.39. The molecule has 0 spiro atoms. The lowest BCUT2D eigenvalue weighted by atomic mass is 9.88. The number of halogens is 4. The maximum absolute atomic E-state index is 13.6. The molecule has 100 valence electrons. The third-order valence-electron chi connectivity index (χ3n) is 3.62. The van der Waals surface area contributed by atoms with Crippen LogP contribution in [0.15, 0.2) is 0 Å². The second-order valence-electron chi connectivity index (χ2n) is 4.86. The maximum Gasteiger partial charge on any atom is 0.253 e. The van der Waals surface area contributed by atoms with Gasteiger partial charge in [0, 0.05) is 13.1 Å². The van der Waals surface area contributed by atoms with Crippen molar-refractivity contribution in [1.82, 2.24) is 4.98 Å². The Morgan fingerprint density at radius 3 is 2.06 bits per heavy atom. The second kappa shape index (κ2) is 4.74. The zero-order valence-electron chi connectivity index (χ0n) is 10.2. The van der Waals surface area contributed by atoms with Crippen molar-refractivity contribution in [2.75, 3.05) is 18.0 Å². The second-order valence-corrected chi connectivity index (χ2v) is 4.86. The highest BCUT2D eigenvalue weighted by atomic mass is 19.2. The summed E-state index contributed by atoms with van der Waals surface area (Å²) in [4.78, 5) is 3.90. The minimum Gasteiger partial charge on any atom is -0.366 e. The summed E-state index contributed by atoms with van der Waals surface area (Å²) in [6.07, 6.45) is 0.728. The third-order valence-corrected chi connectivity index (χ3v) is 3.62. The summed E-state index contributed by atoms with van der Waals surface area (Å²) in [5.74, 6) is -5.42. The Morgan fingerprint density at radius 1 is 1.00 bits per heavy atom. The number of nitrogens with zero attached hydrogens (tertiary/aromatic N) is 2. The number of hydrogen-bond donors (Lipinski definition) is 0. The van der Waals surface area contributed by atoms with Gasteiger partial charge in [0.25, 0.3) is 11.9 Å². The lowest BCUT2D eigenvalue weighted by Crippen LogP contribution is -2.39. The predicted octanol–water partition coefficient (Wildman–Crippen LogP) is 3.12. The molecule has 1 aliphatic heterocycles. The summed E-state index contributed by atoms with van der Waals surface area (Å²) in [5.41, 5.74) is -0.640. The molecule has 2 rings (SSSR count). The van der Waals surface area contributed by atoms with Gasteiger partial charge in [0.2, 0.25) is 11.6 Å². The number of rotatable bonds is 1. The number of pyridine rings is 1. The number of aromatic nitrogens is 1. The van der Waals surface area contributed by atoms with Gasteiger partial charge in [-0.15, -0.1) is 0 Å². The van der Waals surface area contributed by atoms with Crippen molar-refractivity contribution >= 4 is 5.69 Å². The smallest absolute Gasteiger partial charge is 0.253 e. The molecule has 0 aliphatic carbocycles.